The molecule has 0 radical (unpaired) electrons. The summed E-state index contributed by atoms with van der Waals surface area (Å²) in [7, 11) is 1.25. The molecule has 72 valence electrons. The van der Waals surface area contributed by atoms with Crippen LogP contribution in [0.5, 0.6) is 0 Å². The predicted molar refractivity (Wildman–Crippen MR) is 45.6 cm³/mol. The quantitative estimate of drug-likeness (QED) is 0.480. The van der Waals surface area contributed by atoms with E-state index < -0.39 is 17.3 Å². The van der Waals surface area contributed by atoms with E-state index in [1.54, 1.807) is 13.8 Å². The third-order valence-corrected chi connectivity index (χ3v) is 1.99. The largest absolute Gasteiger partial charge is 0.469 e. The Morgan fingerprint density at radius 1 is 1.69 bits per heavy atom. The van der Waals surface area contributed by atoms with Crippen molar-refractivity contribution >= 4 is 12.3 Å². The van der Waals surface area contributed by atoms with Crippen LogP contribution in [-0.2, 0) is 14.3 Å². The smallest absolute Gasteiger partial charge is 0.306 e. The number of carbonyl (C=O) groups is 2. The van der Waals surface area contributed by atoms with E-state index in [0.717, 1.165) is 0 Å². The zero-order valence-corrected chi connectivity index (χ0v) is 8.03. The Morgan fingerprint density at radius 3 is 2.54 bits per heavy atom. The Balaban J connectivity index is 4.46. The monoisotopic (exact) mass is 183 g/mol. The van der Waals surface area contributed by atoms with Gasteiger partial charge in [-0.1, -0.05) is 0 Å². The summed E-state index contributed by atoms with van der Waals surface area (Å²) in [4.78, 5) is 21.5. The predicted octanol–water partition coefficient (Wildman–Crippen LogP) is 0.914. The Labute approximate surface area is 77.5 Å². The molecule has 0 saturated carbocycles. The Morgan fingerprint density at radius 2 is 2.23 bits per heavy atom. The lowest BCUT2D eigenvalue weighted by atomic mass is 9.79. The molecular formula is C9H13NO3. The molecule has 0 saturated heterocycles. The maximum Gasteiger partial charge on any atom is 0.306 e. The van der Waals surface area contributed by atoms with E-state index >= 15 is 0 Å². The minimum atomic E-state index is -0.823. The van der Waals surface area contributed by atoms with Gasteiger partial charge < -0.3 is 9.53 Å². The zero-order valence-electron chi connectivity index (χ0n) is 8.03. The van der Waals surface area contributed by atoms with Crippen molar-refractivity contribution in [2.24, 2.45) is 11.3 Å². The summed E-state index contributed by atoms with van der Waals surface area (Å²) in [5, 5.41) is 8.72. The number of carbonyl (C=O) groups excluding carboxylic acids is 2. The van der Waals surface area contributed by atoms with Crippen LogP contribution in [0.3, 0.4) is 0 Å². The van der Waals surface area contributed by atoms with Crippen molar-refractivity contribution in [2.75, 3.05) is 7.11 Å². The number of hydrogen-bond donors (Lipinski definition) is 0. The highest BCUT2D eigenvalue weighted by Crippen LogP contribution is 2.26. The molecule has 1 unspecified atom stereocenters. The number of nitrogens with zero attached hydrogens (tertiary/aromatic N) is 1. The molecule has 0 spiro atoms. The van der Waals surface area contributed by atoms with Gasteiger partial charge in [-0.15, -0.1) is 0 Å². The highest BCUT2D eigenvalue weighted by atomic mass is 16.5. The molecule has 0 aliphatic rings. The number of ether oxygens (including phenoxy) is 1. The zero-order chi connectivity index (χ0) is 10.5. The molecule has 0 N–H and O–H groups in total. The molecule has 0 aromatic rings. The van der Waals surface area contributed by atoms with Crippen LogP contribution >= 0.6 is 0 Å². The minimum absolute atomic E-state index is 0.0411. The number of aldehydes is 1. The summed E-state index contributed by atoms with van der Waals surface area (Å²) in [5.74, 6) is -1.08. The minimum Gasteiger partial charge on any atom is -0.469 e. The molecule has 1 atom stereocenters. The van der Waals surface area contributed by atoms with E-state index in [9.17, 15) is 9.59 Å². The van der Waals surface area contributed by atoms with Crippen LogP contribution in [0.2, 0.25) is 0 Å². The lowest BCUT2D eigenvalue weighted by Crippen LogP contribution is -2.26. The van der Waals surface area contributed by atoms with Gasteiger partial charge >= 0.3 is 5.97 Å². The Bertz CT molecular complexity index is 240. The van der Waals surface area contributed by atoms with Crippen molar-refractivity contribution in [3.05, 3.63) is 0 Å². The second-order valence-electron chi connectivity index (χ2n) is 3.36. The average Bonchev–Trinajstić information content (AvgIpc) is 2.13. The number of methoxy groups -OCH3 is 1. The van der Waals surface area contributed by atoms with Crippen LogP contribution in [0.15, 0.2) is 0 Å². The molecule has 4 heteroatoms. The van der Waals surface area contributed by atoms with Gasteiger partial charge in [-0.3, -0.25) is 4.79 Å². The van der Waals surface area contributed by atoms with Crippen molar-refractivity contribution in [1.29, 1.82) is 5.26 Å². The van der Waals surface area contributed by atoms with Crippen LogP contribution in [0, 0.1) is 22.7 Å². The van der Waals surface area contributed by atoms with Crippen molar-refractivity contribution in [2.45, 2.75) is 20.3 Å². The van der Waals surface area contributed by atoms with Crippen LogP contribution in [-0.4, -0.2) is 19.4 Å². The second-order valence-corrected chi connectivity index (χ2v) is 3.36. The SMILES string of the molecule is COC(=O)CC(C=O)C(C)(C)C#N. The third-order valence-electron chi connectivity index (χ3n) is 1.99. The fourth-order valence-electron chi connectivity index (χ4n) is 0.819. The fraction of sp³-hybridized carbons (Fsp3) is 0.667. The summed E-state index contributed by atoms with van der Waals surface area (Å²) >= 11 is 0. The van der Waals surface area contributed by atoms with Gasteiger partial charge in [0.05, 0.1) is 25.0 Å². The molecule has 0 amide bonds. The molecule has 0 aliphatic carbocycles. The molecule has 0 fully saturated rings. The fourth-order valence-corrected chi connectivity index (χ4v) is 0.819. The normalized spacial score (nSPS) is 12.8. The van der Waals surface area contributed by atoms with Gasteiger partial charge in [0, 0.05) is 5.92 Å². The average molecular weight is 183 g/mol. The molecule has 0 bridgehead atoms. The first kappa shape index (κ1) is 11.6. The molecule has 13 heavy (non-hydrogen) atoms. The first-order valence-corrected chi connectivity index (χ1v) is 3.91. The van der Waals surface area contributed by atoms with Crippen molar-refractivity contribution in [3.8, 4) is 6.07 Å². The third kappa shape index (κ3) is 3.24. The maximum absolute atomic E-state index is 10.9. The Kier molecular flexibility index (Phi) is 4.12. The lowest BCUT2D eigenvalue weighted by molar-refractivity contribution is -0.143. The van der Waals surface area contributed by atoms with E-state index in [1.165, 1.54) is 7.11 Å². The number of nitriles is 1. The van der Waals surface area contributed by atoms with E-state index in [4.69, 9.17) is 5.26 Å². The van der Waals surface area contributed by atoms with Gasteiger partial charge in [-0.25, -0.2) is 0 Å². The number of esters is 1. The van der Waals surface area contributed by atoms with Crippen LogP contribution in [0.4, 0.5) is 0 Å². The standard InChI is InChI=1S/C9H13NO3/c1-9(2,6-10)7(5-11)4-8(12)13-3/h5,7H,4H2,1-3H3. The first-order chi connectivity index (χ1) is 5.97. The second kappa shape index (κ2) is 4.61. The van der Waals surface area contributed by atoms with Crippen molar-refractivity contribution in [3.63, 3.8) is 0 Å². The molecular weight excluding hydrogens is 170 g/mol. The van der Waals surface area contributed by atoms with E-state index in [1.807, 2.05) is 6.07 Å². The lowest BCUT2D eigenvalue weighted by Gasteiger charge is -2.21. The number of hydrogen-bond acceptors (Lipinski definition) is 4. The van der Waals surface area contributed by atoms with Crippen LogP contribution < -0.4 is 0 Å². The van der Waals surface area contributed by atoms with Crippen molar-refractivity contribution in [1.82, 2.24) is 0 Å². The van der Waals surface area contributed by atoms with Crippen LogP contribution in [0.25, 0.3) is 0 Å². The van der Waals surface area contributed by atoms with Gasteiger partial charge in [0.15, 0.2) is 0 Å². The van der Waals surface area contributed by atoms with Gasteiger partial charge in [-0.2, -0.15) is 5.26 Å². The van der Waals surface area contributed by atoms with Gasteiger partial charge in [0.25, 0.3) is 0 Å². The van der Waals surface area contributed by atoms with Gasteiger partial charge in [0.2, 0.25) is 0 Å². The first-order valence-electron chi connectivity index (χ1n) is 3.91. The van der Waals surface area contributed by atoms with Crippen LogP contribution in [0.1, 0.15) is 20.3 Å². The van der Waals surface area contributed by atoms with Gasteiger partial charge in [-0.05, 0) is 13.8 Å². The summed E-state index contributed by atoms with van der Waals surface area (Å²) in [6.07, 6.45) is 0.584. The molecule has 0 aliphatic heterocycles. The summed E-state index contributed by atoms with van der Waals surface area (Å²) in [5.41, 5.74) is -0.823. The summed E-state index contributed by atoms with van der Waals surface area (Å²) in [6.45, 7) is 3.24. The summed E-state index contributed by atoms with van der Waals surface area (Å²) < 4.78 is 4.41. The molecule has 0 aromatic carbocycles. The topological polar surface area (TPSA) is 67.2 Å². The molecule has 0 rings (SSSR count). The summed E-state index contributed by atoms with van der Waals surface area (Å²) in [6, 6.07) is 1.98. The highest BCUT2D eigenvalue weighted by Gasteiger charge is 2.31. The number of rotatable bonds is 4. The highest BCUT2D eigenvalue weighted by molar-refractivity contribution is 5.74. The van der Waals surface area contributed by atoms with E-state index in [-0.39, 0.29) is 6.42 Å². The molecule has 0 aromatic heterocycles. The molecule has 4 nitrogen and oxygen atoms in total. The van der Waals surface area contributed by atoms with Crippen molar-refractivity contribution < 1.29 is 14.3 Å². The molecule has 0 heterocycles. The Hall–Kier alpha value is -1.37. The maximum atomic E-state index is 10.9. The van der Waals surface area contributed by atoms with E-state index in [2.05, 4.69) is 4.74 Å². The van der Waals surface area contributed by atoms with Gasteiger partial charge in [0.1, 0.15) is 6.29 Å². The van der Waals surface area contributed by atoms with E-state index in [0.29, 0.717) is 6.29 Å².